The highest BCUT2D eigenvalue weighted by atomic mass is 16.5. The first-order valence-electron chi connectivity index (χ1n) is 12.6. The molecule has 0 spiro atoms. The molecular formula is C33H26N2O3. The second-order valence-electron chi connectivity index (χ2n) is 9.15. The fraction of sp³-hybridized carbons (Fsp3) is 0.0909. The largest absolute Gasteiger partial charge is 0.493 e. The van der Waals surface area contributed by atoms with Crippen LogP contribution in [-0.4, -0.2) is 17.5 Å². The van der Waals surface area contributed by atoms with Gasteiger partial charge < -0.3 is 14.5 Å². The van der Waals surface area contributed by atoms with Crippen LogP contribution >= 0.6 is 0 Å². The van der Waals surface area contributed by atoms with E-state index in [9.17, 15) is 4.79 Å². The van der Waals surface area contributed by atoms with E-state index >= 15 is 0 Å². The number of aromatic nitrogens is 1. The summed E-state index contributed by atoms with van der Waals surface area (Å²) in [6.07, 6.45) is 5.12. The summed E-state index contributed by atoms with van der Waals surface area (Å²) in [7, 11) is 0. The third-order valence-electron chi connectivity index (χ3n) is 6.72. The van der Waals surface area contributed by atoms with Gasteiger partial charge in [0.2, 0.25) is 5.91 Å². The Hall–Kier alpha value is -4.90. The first-order valence-corrected chi connectivity index (χ1v) is 12.6. The Bertz CT molecular complexity index is 1840. The lowest BCUT2D eigenvalue weighted by molar-refractivity contribution is -0.111. The Morgan fingerprint density at radius 3 is 2.61 bits per heavy atom. The fourth-order valence-corrected chi connectivity index (χ4v) is 4.96. The smallest absolute Gasteiger partial charge is 0.248 e. The quantitative estimate of drug-likeness (QED) is 0.235. The van der Waals surface area contributed by atoms with Crippen molar-refractivity contribution in [3.8, 4) is 16.9 Å². The number of fused-ring (bicyclic) bond motifs is 3. The van der Waals surface area contributed by atoms with Gasteiger partial charge in [-0.25, -0.2) is 0 Å². The van der Waals surface area contributed by atoms with E-state index in [0.717, 1.165) is 49.5 Å². The highest BCUT2D eigenvalue weighted by Crippen LogP contribution is 2.39. The summed E-state index contributed by atoms with van der Waals surface area (Å²) < 4.78 is 12.0. The van der Waals surface area contributed by atoms with Gasteiger partial charge in [0.1, 0.15) is 11.3 Å². The van der Waals surface area contributed by atoms with Crippen LogP contribution in [0.4, 0.5) is 5.69 Å². The van der Waals surface area contributed by atoms with Gasteiger partial charge in [0.05, 0.1) is 24.1 Å². The number of pyridine rings is 1. The van der Waals surface area contributed by atoms with Crippen LogP contribution in [0.15, 0.2) is 108 Å². The van der Waals surface area contributed by atoms with Crippen molar-refractivity contribution in [3.05, 3.63) is 109 Å². The Morgan fingerprint density at radius 1 is 0.921 bits per heavy atom. The molecule has 0 radical (unpaired) electrons. The molecule has 0 aliphatic heterocycles. The number of rotatable bonds is 6. The highest BCUT2D eigenvalue weighted by molar-refractivity contribution is 6.09. The number of ether oxygens (including phenoxy) is 1. The maximum atomic E-state index is 13.1. The lowest BCUT2D eigenvalue weighted by Gasteiger charge is -2.12. The number of nitrogens with one attached hydrogen (secondary N) is 1. The van der Waals surface area contributed by atoms with E-state index < -0.39 is 0 Å². The molecule has 6 aromatic rings. The summed E-state index contributed by atoms with van der Waals surface area (Å²) in [4.78, 5) is 17.5. The normalized spacial score (nSPS) is 11.8. The molecule has 38 heavy (non-hydrogen) atoms. The molecule has 0 bridgehead atoms. The van der Waals surface area contributed by atoms with E-state index in [1.54, 1.807) is 18.5 Å². The molecular weight excluding hydrogens is 472 g/mol. The van der Waals surface area contributed by atoms with Gasteiger partial charge in [-0.05, 0) is 54.0 Å². The molecule has 0 aliphatic carbocycles. The minimum absolute atomic E-state index is 0.232. The summed E-state index contributed by atoms with van der Waals surface area (Å²) in [6.45, 7) is 4.36. The van der Waals surface area contributed by atoms with Crippen molar-refractivity contribution in [1.29, 1.82) is 0 Å². The van der Waals surface area contributed by atoms with Gasteiger partial charge in [-0.2, -0.15) is 0 Å². The van der Waals surface area contributed by atoms with Gasteiger partial charge in [0.15, 0.2) is 0 Å². The molecule has 6 rings (SSSR count). The van der Waals surface area contributed by atoms with Gasteiger partial charge in [0.25, 0.3) is 0 Å². The molecule has 1 amide bonds. The van der Waals surface area contributed by atoms with Gasteiger partial charge in [0, 0.05) is 40.2 Å². The molecule has 0 unspecified atom stereocenters. The third-order valence-corrected chi connectivity index (χ3v) is 6.72. The number of para-hydroxylation sites is 1. The molecule has 0 atom stereocenters. The molecule has 0 fully saturated rings. The number of carbonyl (C=O) groups excluding carboxylic acids is 1. The van der Waals surface area contributed by atoms with Crippen LogP contribution in [0.2, 0.25) is 0 Å². The molecule has 0 aliphatic rings. The average molecular weight is 499 g/mol. The number of nitrogens with zero attached hydrogens (tertiary/aromatic N) is 1. The number of hydrogen-bond donors (Lipinski definition) is 1. The van der Waals surface area contributed by atoms with Crippen LogP contribution in [-0.2, 0) is 4.79 Å². The number of amides is 1. The van der Waals surface area contributed by atoms with Crippen molar-refractivity contribution >= 4 is 49.8 Å². The molecule has 2 aromatic heterocycles. The van der Waals surface area contributed by atoms with E-state index in [1.165, 1.54) is 5.39 Å². The number of anilines is 1. The number of furan rings is 1. The lowest BCUT2D eigenvalue weighted by Crippen LogP contribution is -2.09. The summed E-state index contributed by atoms with van der Waals surface area (Å²) in [6, 6.07) is 28.1. The Kier molecular flexibility index (Phi) is 6.10. The van der Waals surface area contributed by atoms with Crippen molar-refractivity contribution < 1.29 is 13.9 Å². The van der Waals surface area contributed by atoms with E-state index in [4.69, 9.17) is 9.15 Å². The Labute approximate surface area is 220 Å². The van der Waals surface area contributed by atoms with E-state index in [0.29, 0.717) is 18.0 Å². The van der Waals surface area contributed by atoms with Crippen LogP contribution in [0.1, 0.15) is 19.4 Å². The summed E-state index contributed by atoms with van der Waals surface area (Å²) in [5.74, 6) is 0.442. The van der Waals surface area contributed by atoms with Crippen molar-refractivity contribution in [2.24, 2.45) is 0 Å². The van der Waals surface area contributed by atoms with Crippen LogP contribution in [0, 0.1) is 0 Å². The molecule has 186 valence electrons. The van der Waals surface area contributed by atoms with Crippen molar-refractivity contribution in [2.75, 3.05) is 11.9 Å². The molecule has 0 saturated carbocycles. The topological polar surface area (TPSA) is 64.4 Å². The number of carbonyl (C=O) groups is 1. The van der Waals surface area contributed by atoms with Crippen molar-refractivity contribution in [3.63, 3.8) is 0 Å². The van der Waals surface area contributed by atoms with Crippen LogP contribution in [0.5, 0.6) is 5.75 Å². The van der Waals surface area contributed by atoms with Crippen LogP contribution in [0.25, 0.3) is 49.3 Å². The first-order chi connectivity index (χ1) is 18.6. The van der Waals surface area contributed by atoms with Gasteiger partial charge in [-0.15, -0.1) is 0 Å². The predicted molar refractivity (Wildman–Crippen MR) is 154 cm³/mol. The van der Waals surface area contributed by atoms with Crippen molar-refractivity contribution in [2.45, 2.75) is 13.8 Å². The zero-order chi connectivity index (χ0) is 26.1. The maximum Gasteiger partial charge on any atom is 0.248 e. The van der Waals surface area contributed by atoms with Crippen LogP contribution < -0.4 is 10.1 Å². The molecule has 4 aromatic carbocycles. The molecule has 2 heterocycles. The molecule has 5 heteroatoms. The number of allylic oxidation sites excluding steroid dienone is 1. The lowest BCUT2D eigenvalue weighted by atomic mass is 9.96. The fourth-order valence-electron chi connectivity index (χ4n) is 4.96. The standard InChI is InChI=1S/C33H26N2O3/c1-3-37-30-19-31-27(28(20-38-31)25-14-6-10-22-9-4-5-13-24(22)25)18-26(30)21(2)17-32(36)35-29-15-7-11-23-12-8-16-34-33(23)29/h4-20H,3H2,1-2H3,(H,35,36)/b21-17+. The second-order valence-corrected chi connectivity index (χ2v) is 9.15. The second kappa shape index (κ2) is 9.87. The molecule has 5 nitrogen and oxygen atoms in total. The average Bonchev–Trinajstić information content (AvgIpc) is 3.35. The first kappa shape index (κ1) is 23.5. The zero-order valence-electron chi connectivity index (χ0n) is 21.2. The predicted octanol–water partition coefficient (Wildman–Crippen LogP) is 8.24. The van der Waals surface area contributed by atoms with Crippen molar-refractivity contribution in [1.82, 2.24) is 4.98 Å². The maximum absolute atomic E-state index is 13.1. The molecule has 0 saturated heterocycles. The van der Waals surface area contributed by atoms with E-state index in [1.807, 2.05) is 62.4 Å². The van der Waals surface area contributed by atoms with Crippen LogP contribution in [0.3, 0.4) is 0 Å². The summed E-state index contributed by atoms with van der Waals surface area (Å²) >= 11 is 0. The minimum atomic E-state index is -0.232. The summed E-state index contributed by atoms with van der Waals surface area (Å²) in [5.41, 5.74) is 5.88. The van der Waals surface area contributed by atoms with Gasteiger partial charge in [-0.3, -0.25) is 9.78 Å². The third kappa shape index (κ3) is 4.28. The zero-order valence-corrected chi connectivity index (χ0v) is 21.2. The monoisotopic (exact) mass is 498 g/mol. The summed E-state index contributed by atoms with van der Waals surface area (Å²) in [5, 5.41) is 7.25. The Balaban J connectivity index is 1.41. The SMILES string of the molecule is CCOc1cc2occ(-c3cccc4ccccc34)c2cc1/C(C)=C/C(=O)Nc1cccc2cccnc12. The van der Waals surface area contributed by atoms with Gasteiger partial charge in [-0.1, -0.05) is 60.7 Å². The molecule has 1 N–H and O–H groups in total. The minimum Gasteiger partial charge on any atom is -0.493 e. The Morgan fingerprint density at radius 2 is 1.71 bits per heavy atom. The highest BCUT2D eigenvalue weighted by Gasteiger charge is 2.17. The van der Waals surface area contributed by atoms with Gasteiger partial charge >= 0.3 is 0 Å². The van der Waals surface area contributed by atoms with E-state index in [-0.39, 0.29) is 5.91 Å². The van der Waals surface area contributed by atoms with E-state index in [2.05, 4.69) is 46.7 Å². The number of hydrogen-bond acceptors (Lipinski definition) is 4. The number of benzene rings is 4.